The summed E-state index contributed by atoms with van der Waals surface area (Å²) in [4.78, 5) is 0.244. The first-order valence-corrected chi connectivity index (χ1v) is 7.83. The molecule has 0 aliphatic heterocycles. The number of nitrogens with zero attached hydrogens (tertiary/aromatic N) is 1. The molecule has 0 radical (unpaired) electrons. The summed E-state index contributed by atoms with van der Waals surface area (Å²) in [6.45, 7) is 3.59. The lowest BCUT2D eigenvalue weighted by atomic mass is 10.2. The Bertz CT molecular complexity index is 564. The molecule has 0 aliphatic rings. The summed E-state index contributed by atoms with van der Waals surface area (Å²) in [5.41, 5.74) is 0.678. The third kappa shape index (κ3) is 3.80. The van der Waals surface area contributed by atoms with Crippen LogP contribution in [0, 0.1) is 18.3 Å². The number of nitriles is 1. The van der Waals surface area contributed by atoms with Crippen LogP contribution in [0.15, 0.2) is 27.6 Å². The number of nitrogens with one attached hydrogen (secondary N) is 1. The first kappa shape index (κ1) is 15.2. The van der Waals surface area contributed by atoms with E-state index in [9.17, 15) is 8.42 Å². The fourth-order valence-corrected chi connectivity index (χ4v) is 3.63. The third-order valence-electron chi connectivity index (χ3n) is 2.59. The Hall–Kier alpha value is -0.900. The number of hydrogen-bond donors (Lipinski definition) is 1. The van der Waals surface area contributed by atoms with Crippen LogP contribution in [0.4, 0.5) is 0 Å². The maximum atomic E-state index is 12.2. The van der Waals surface area contributed by atoms with E-state index < -0.39 is 10.0 Å². The molecule has 0 heterocycles. The Balaban J connectivity index is 3.06. The van der Waals surface area contributed by atoms with E-state index in [2.05, 4.69) is 20.7 Å². The number of hydrogen-bond acceptors (Lipinski definition) is 3. The molecule has 0 amide bonds. The lowest BCUT2D eigenvalue weighted by Gasteiger charge is -2.15. The van der Waals surface area contributed by atoms with Crippen LogP contribution in [0.2, 0.25) is 0 Å². The molecule has 4 nitrogen and oxygen atoms in total. The topological polar surface area (TPSA) is 70.0 Å². The standard InChI is InChI=1S/C12H15BrN2O2S/c1-3-11(6-7-14)15-18(16,17)12-8-10(13)5-4-9(12)2/h4-5,8,11,15H,3,6H2,1-2H3. The average molecular weight is 331 g/mol. The highest BCUT2D eigenvalue weighted by Crippen LogP contribution is 2.21. The summed E-state index contributed by atoms with van der Waals surface area (Å²) in [5.74, 6) is 0. The van der Waals surface area contributed by atoms with Gasteiger partial charge < -0.3 is 0 Å². The van der Waals surface area contributed by atoms with E-state index in [1.807, 2.05) is 13.0 Å². The molecular weight excluding hydrogens is 316 g/mol. The minimum Gasteiger partial charge on any atom is -0.207 e. The van der Waals surface area contributed by atoms with E-state index >= 15 is 0 Å². The van der Waals surface area contributed by atoms with Crippen LogP contribution in [0.1, 0.15) is 25.3 Å². The number of rotatable bonds is 5. The monoisotopic (exact) mass is 330 g/mol. The predicted octanol–water partition coefficient (Wildman–Crippen LogP) is 2.73. The van der Waals surface area contributed by atoms with Crippen LogP contribution in [0.3, 0.4) is 0 Å². The third-order valence-corrected chi connectivity index (χ3v) is 4.75. The Morgan fingerprint density at radius 1 is 1.50 bits per heavy atom. The fraction of sp³-hybridized carbons (Fsp3) is 0.417. The van der Waals surface area contributed by atoms with Gasteiger partial charge in [-0.3, -0.25) is 0 Å². The molecule has 1 aromatic carbocycles. The van der Waals surface area contributed by atoms with Crippen molar-refractivity contribution in [3.63, 3.8) is 0 Å². The van der Waals surface area contributed by atoms with Gasteiger partial charge in [-0.2, -0.15) is 5.26 Å². The summed E-state index contributed by atoms with van der Waals surface area (Å²) in [7, 11) is -3.58. The maximum absolute atomic E-state index is 12.2. The first-order valence-electron chi connectivity index (χ1n) is 5.56. The number of aryl methyl sites for hydroxylation is 1. The average Bonchev–Trinajstić information content (AvgIpc) is 2.31. The number of halogens is 1. The van der Waals surface area contributed by atoms with E-state index in [1.165, 1.54) is 0 Å². The summed E-state index contributed by atoms with van der Waals surface area (Å²) in [5, 5.41) is 8.64. The SMILES string of the molecule is CCC(CC#N)NS(=O)(=O)c1cc(Br)ccc1C. The smallest absolute Gasteiger partial charge is 0.207 e. The van der Waals surface area contributed by atoms with Gasteiger partial charge in [-0.15, -0.1) is 0 Å². The molecule has 1 N–H and O–H groups in total. The van der Waals surface area contributed by atoms with Crippen molar-refractivity contribution in [2.45, 2.75) is 37.6 Å². The molecule has 1 atom stereocenters. The largest absolute Gasteiger partial charge is 0.241 e. The van der Waals surface area contributed by atoms with Crippen molar-refractivity contribution in [1.29, 1.82) is 5.26 Å². The molecule has 1 unspecified atom stereocenters. The summed E-state index contributed by atoms with van der Waals surface area (Å²) >= 11 is 3.26. The Kier molecular flexibility index (Phi) is 5.32. The van der Waals surface area contributed by atoms with E-state index in [-0.39, 0.29) is 17.4 Å². The first-order chi connectivity index (χ1) is 8.40. The van der Waals surface area contributed by atoms with Gasteiger partial charge in [0.15, 0.2) is 0 Å². The van der Waals surface area contributed by atoms with E-state index in [1.54, 1.807) is 25.1 Å². The fourth-order valence-electron chi connectivity index (χ4n) is 1.53. The van der Waals surface area contributed by atoms with Gasteiger partial charge in [-0.05, 0) is 31.0 Å². The lowest BCUT2D eigenvalue weighted by Crippen LogP contribution is -2.34. The van der Waals surface area contributed by atoms with Gasteiger partial charge in [0.05, 0.1) is 17.4 Å². The Morgan fingerprint density at radius 2 is 2.17 bits per heavy atom. The second-order valence-electron chi connectivity index (χ2n) is 4.00. The molecular formula is C12H15BrN2O2S. The molecule has 0 aromatic heterocycles. The molecule has 0 saturated carbocycles. The summed E-state index contributed by atoms with van der Waals surface area (Å²) in [6, 6.07) is 6.73. The normalized spacial score (nSPS) is 13.0. The van der Waals surface area contributed by atoms with Crippen molar-refractivity contribution in [3.05, 3.63) is 28.2 Å². The zero-order valence-electron chi connectivity index (χ0n) is 10.3. The maximum Gasteiger partial charge on any atom is 0.241 e. The quantitative estimate of drug-likeness (QED) is 0.902. The molecule has 98 valence electrons. The van der Waals surface area contributed by atoms with Gasteiger partial charge in [0.1, 0.15) is 0 Å². The Labute approximate surface area is 116 Å². The van der Waals surface area contributed by atoms with Gasteiger partial charge in [-0.25, -0.2) is 13.1 Å². The van der Waals surface area contributed by atoms with Crippen molar-refractivity contribution < 1.29 is 8.42 Å². The number of sulfonamides is 1. The van der Waals surface area contributed by atoms with Crippen molar-refractivity contribution in [2.24, 2.45) is 0 Å². The highest BCUT2D eigenvalue weighted by atomic mass is 79.9. The van der Waals surface area contributed by atoms with Gasteiger partial charge >= 0.3 is 0 Å². The van der Waals surface area contributed by atoms with Crippen molar-refractivity contribution >= 4 is 26.0 Å². The molecule has 18 heavy (non-hydrogen) atoms. The van der Waals surface area contributed by atoms with Gasteiger partial charge in [0.25, 0.3) is 0 Å². The van der Waals surface area contributed by atoms with Crippen LogP contribution < -0.4 is 4.72 Å². The van der Waals surface area contributed by atoms with Gasteiger partial charge in [0.2, 0.25) is 10.0 Å². The molecule has 0 fully saturated rings. The minimum atomic E-state index is -3.58. The van der Waals surface area contributed by atoms with Gasteiger partial charge in [-0.1, -0.05) is 28.9 Å². The van der Waals surface area contributed by atoms with Crippen molar-refractivity contribution in [3.8, 4) is 6.07 Å². The molecule has 1 aromatic rings. The van der Waals surface area contributed by atoms with Crippen LogP contribution in [-0.4, -0.2) is 14.5 Å². The summed E-state index contributed by atoms with van der Waals surface area (Å²) in [6.07, 6.45) is 0.753. The molecule has 0 bridgehead atoms. The van der Waals surface area contributed by atoms with Crippen LogP contribution in [-0.2, 0) is 10.0 Å². The second-order valence-corrected chi connectivity index (χ2v) is 6.60. The predicted molar refractivity (Wildman–Crippen MR) is 73.5 cm³/mol. The molecule has 1 rings (SSSR count). The minimum absolute atomic E-state index is 0.169. The highest BCUT2D eigenvalue weighted by Gasteiger charge is 2.20. The molecule has 0 spiro atoms. The molecule has 0 saturated heterocycles. The van der Waals surface area contributed by atoms with Crippen molar-refractivity contribution in [2.75, 3.05) is 0 Å². The zero-order valence-corrected chi connectivity index (χ0v) is 12.7. The second kappa shape index (κ2) is 6.32. The van der Waals surface area contributed by atoms with Crippen molar-refractivity contribution in [1.82, 2.24) is 4.72 Å². The highest BCUT2D eigenvalue weighted by molar-refractivity contribution is 9.10. The summed E-state index contributed by atoms with van der Waals surface area (Å²) < 4.78 is 27.7. The van der Waals surface area contributed by atoms with Crippen LogP contribution >= 0.6 is 15.9 Å². The zero-order chi connectivity index (χ0) is 13.8. The Morgan fingerprint density at radius 3 is 2.72 bits per heavy atom. The van der Waals surface area contributed by atoms with Crippen LogP contribution in [0.25, 0.3) is 0 Å². The van der Waals surface area contributed by atoms with E-state index in [0.717, 1.165) is 0 Å². The van der Waals surface area contributed by atoms with Crippen LogP contribution in [0.5, 0.6) is 0 Å². The number of benzene rings is 1. The lowest BCUT2D eigenvalue weighted by molar-refractivity contribution is 0.542. The molecule has 0 aliphatic carbocycles. The van der Waals surface area contributed by atoms with E-state index in [4.69, 9.17) is 5.26 Å². The molecule has 6 heteroatoms. The van der Waals surface area contributed by atoms with E-state index in [0.29, 0.717) is 16.5 Å². The van der Waals surface area contributed by atoms with Gasteiger partial charge in [0, 0.05) is 10.5 Å².